The third kappa shape index (κ3) is 3.49. The van der Waals surface area contributed by atoms with Gasteiger partial charge in [0.1, 0.15) is 23.4 Å². The monoisotopic (exact) mass is 491 g/mol. The summed E-state index contributed by atoms with van der Waals surface area (Å²) >= 11 is 0. The summed E-state index contributed by atoms with van der Waals surface area (Å²) in [6, 6.07) is 15.9. The number of hydrogen-bond acceptors (Lipinski definition) is 7. The highest BCUT2D eigenvalue weighted by Gasteiger charge is 2.43. The summed E-state index contributed by atoms with van der Waals surface area (Å²) in [7, 11) is 0. The van der Waals surface area contributed by atoms with Crippen LogP contribution in [0, 0.1) is 11.8 Å². The molecule has 1 saturated heterocycles. The van der Waals surface area contributed by atoms with E-state index in [0.717, 1.165) is 59.3 Å². The Morgan fingerprint density at radius 3 is 2.59 bits per heavy atom. The summed E-state index contributed by atoms with van der Waals surface area (Å²) in [6.07, 6.45) is 4.77. The van der Waals surface area contributed by atoms with E-state index in [4.69, 9.17) is 15.2 Å². The average Bonchev–Trinajstić information content (AvgIpc) is 3.69. The Kier molecular flexibility index (Phi) is 4.85. The first-order chi connectivity index (χ1) is 18.1. The van der Waals surface area contributed by atoms with Crippen LogP contribution in [-0.2, 0) is 4.79 Å². The zero-order chi connectivity index (χ0) is 25.1. The molecule has 0 spiro atoms. The number of nitrogens with zero attached hydrogens (tertiary/aromatic N) is 6. The SMILES string of the molecule is C=CC(=O)N1CC2CC(n3nc(-c4ccc5nc(-c6ccccc6)oc5c4)c4c(N)ncnc43)CC2C1. The number of benzene rings is 2. The third-order valence-electron chi connectivity index (χ3n) is 7.76. The number of carbonyl (C=O) groups is 1. The van der Waals surface area contributed by atoms with E-state index in [1.54, 1.807) is 0 Å². The molecule has 2 aromatic carbocycles. The predicted molar refractivity (Wildman–Crippen MR) is 140 cm³/mol. The maximum atomic E-state index is 12.1. The standard InChI is InChI=1S/C28H25N7O2/c1-2-23(36)34-13-18-10-20(11-19(18)14-34)35-27-24(26(29)30-15-31-27)25(33-35)17-8-9-21-22(12-17)37-28(32-21)16-6-4-3-5-7-16/h2-9,12,15,18-20H,1,10-11,13-14H2,(H2,29,30,31). The number of anilines is 1. The highest BCUT2D eigenvalue weighted by molar-refractivity contribution is 5.99. The van der Waals surface area contributed by atoms with Crippen LogP contribution in [0.25, 0.3) is 44.8 Å². The molecule has 1 aliphatic heterocycles. The molecule has 7 rings (SSSR count). The van der Waals surface area contributed by atoms with Crippen molar-refractivity contribution in [1.29, 1.82) is 0 Å². The molecule has 2 aliphatic rings. The molecule has 37 heavy (non-hydrogen) atoms. The van der Waals surface area contributed by atoms with Gasteiger partial charge in [0, 0.05) is 24.2 Å². The number of rotatable bonds is 4. The topological polar surface area (TPSA) is 116 Å². The lowest BCUT2D eigenvalue weighted by atomic mass is 10.0. The lowest BCUT2D eigenvalue weighted by Gasteiger charge is -2.18. The second kappa shape index (κ2) is 8.26. The molecule has 5 aromatic rings. The van der Waals surface area contributed by atoms with Crippen LogP contribution < -0.4 is 5.73 Å². The van der Waals surface area contributed by atoms with Gasteiger partial charge in [0.05, 0.1) is 11.4 Å². The summed E-state index contributed by atoms with van der Waals surface area (Å²) in [6.45, 7) is 5.16. The highest BCUT2D eigenvalue weighted by atomic mass is 16.3. The second-order valence-corrected chi connectivity index (χ2v) is 9.91. The van der Waals surface area contributed by atoms with Crippen molar-refractivity contribution < 1.29 is 9.21 Å². The number of aromatic nitrogens is 5. The van der Waals surface area contributed by atoms with Gasteiger partial charge in [-0.1, -0.05) is 30.8 Å². The molecule has 0 bridgehead atoms. The van der Waals surface area contributed by atoms with Crippen LogP contribution in [0.5, 0.6) is 0 Å². The third-order valence-corrected chi connectivity index (χ3v) is 7.76. The Balaban J connectivity index is 1.26. The van der Waals surface area contributed by atoms with Gasteiger partial charge in [-0.25, -0.2) is 19.6 Å². The van der Waals surface area contributed by atoms with Gasteiger partial charge in [0.25, 0.3) is 0 Å². The van der Waals surface area contributed by atoms with Crippen LogP contribution in [-0.4, -0.2) is 48.6 Å². The van der Waals surface area contributed by atoms with Gasteiger partial charge >= 0.3 is 0 Å². The molecule has 2 atom stereocenters. The van der Waals surface area contributed by atoms with Gasteiger partial charge in [-0.2, -0.15) is 5.10 Å². The van der Waals surface area contributed by atoms with E-state index in [1.165, 1.54) is 12.4 Å². The fourth-order valence-electron chi connectivity index (χ4n) is 6.00. The number of hydrogen-bond donors (Lipinski definition) is 1. The Labute approximate surface area is 212 Å². The highest BCUT2D eigenvalue weighted by Crippen LogP contribution is 2.45. The van der Waals surface area contributed by atoms with Crippen LogP contribution >= 0.6 is 0 Å². The molecule has 1 saturated carbocycles. The largest absolute Gasteiger partial charge is 0.436 e. The van der Waals surface area contributed by atoms with Crippen molar-refractivity contribution in [3.63, 3.8) is 0 Å². The normalized spacial score (nSPS) is 21.1. The van der Waals surface area contributed by atoms with Gasteiger partial charge in [0.2, 0.25) is 11.8 Å². The Hall–Kier alpha value is -4.53. The van der Waals surface area contributed by atoms with Crippen molar-refractivity contribution in [2.45, 2.75) is 18.9 Å². The van der Waals surface area contributed by atoms with Crippen molar-refractivity contribution >= 4 is 33.9 Å². The molecule has 1 aliphatic carbocycles. The minimum absolute atomic E-state index is 0.0107. The molecule has 9 nitrogen and oxygen atoms in total. The van der Waals surface area contributed by atoms with E-state index in [2.05, 4.69) is 21.5 Å². The molecule has 2 fully saturated rings. The maximum absolute atomic E-state index is 12.1. The summed E-state index contributed by atoms with van der Waals surface area (Å²) in [4.78, 5) is 27.5. The molecule has 3 aromatic heterocycles. The lowest BCUT2D eigenvalue weighted by molar-refractivity contribution is -0.125. The second-order valence-electron chi connectivity index (χ2n) is 9.91. The van der Waals surface area contributed by atoms with Gasteiger partial charge in [0.15, 0.2) is 11.2 Å². The minimum atomic E-state index is 0.0107. The fourth-order valence-corrected chi connectivity index (χ4v) is 6.00. The maximum Gasteiger partial charge on any atom is 0.245 e. The van der Waals surface area contributed by atoms with Crippen molar-refractivity contribution in [2.24, 2.45) is 11.8 Å². The number of oxazole rings is 1. The molecular weight excluding hydrogens is 466 g/mol. The summed E-state index contributed by atoms with van der Waals surface area (Å²) in [5.74, 6) is 1.87. The van der Waals surface area contributed by atoms with Gasteiger partial charge in [-0.15, -0.1) is 0 Å². The Morgan fingerprint density at radius 1 is 1.05 bits per heavy atom. The summed E-state index contributed by atoms with van der Waals surface area (Å²) in [5.41, 5.74) is 11.1. The molecule has 0 radical (unpaired) electrons. The first-order valence-corrected chi connectivity index (χ1v) is 12.5. The summed E-state index contributed by atoms with van der Waals surface area (Å²) in [5, 5.41) is 5.79. The zero-order valence-electron chi connectivity index (χ0n) is 20.1. The summed E-state index contributed by atoms with van der Waals surface area (Å²) < 4.78 is 8.12. The number of likely N-dealkylation sites (tertiary alicyclic amines) is 1. The Morgan fingerprint density at radius 2 is 1.84 bits per heavy atom. The van der Waals surface area contributed by atoms with Gasteiger partial charge in [-0.3, -0.25) is 4.79 Å². The van der Waals surface area contributed by atoms with E-state index in [9.17, 15) is 4.79 Å². The van der Waals surface area contributed by atoms with Crippen LogP contribution in [0.2, 0.25) is 0 Å². The molecule has 2 unspecified atom stereocenters. The number of nitrogen functional groups attached to an aromatic ring is 1. The number of amides is 1. The zero-order valence-corrected chi connectivity index (χ0v) is 20.1. The lowest BCUT2D eigenvalue weighted by Crippen LogP contribution is -2.28. The van der Waals surface area contributed by atoms with Crippen LogP contribution in [0.3, 0.4) is 0 Å². The first kappa shape index (κ1) is 21.7. The van der Waals surface area contributed by atoms with E-state index < -0.39 is 0 Å². The number of carbonyl (C=O) groups excluding carboxylic acids is 1. The number of fused-ring (bicyclic) bond motifs is 3. The van der Waals surface area contributed by atoms with E-state index >= 15 is 0 Å². The van der Waals surface area contributed by atoms with Crippen molar-refractivity contribution in [3.8, 4) is 22.7 Å². The van der Waals surface area contributed by atoms with E-state index in [-0.39, 0.29) is 11.9 Å². The minimum Gasteiger partial charge on any atom is -0.436 e. The molecule has 184 valence electrons. The van der Waals surface area contributed by atoms with Gasteiger partial charge in [-0.05, 0) is 55.0 Å². The number of nitrogens with two attached hydrogens (primary N) is 1. The van der Waals surface area contributed by atoms with Crippen molar-refractivity contribution in [1.82, 2.24) is 29.6 Å². The van der Waals surface area contributed by atoms with E-state index in [0.29, 0.717) is 29.1 Å². The average molecular weight is 492 g/mol. The molecule has 4 heterocycles. The van der Waals surface area contributed by atoms with Crippen molar-refractivity contribution in [3.05, 3.63) is 67.5 Å². The van der Waals surface area contributed by atoms with Crippen LogP contribution in [0.15, 0.2) is 71.9 Å². The van der Waals surface area contributed by atoms with Crippen molar-refractivity contribution in [2.75, 3.05) is 18.8 Å². The predicted octanol–water partition coefficient (Wildman–Crippen LogP) is 4.48. The van der Waals surface area contributed by atoms with Crippen LogP contribution in [0.4, 0.5) is 5.82 Å². The van der Waals surface area contributed by atoms with Gasteiger partial charge < -0.3 is 15.1 Å². The quantitative estimate of drug-likeness (QED) is 0.369. The molecule has 2 N–H and O–H groups in total. The fraction of sp³-hybridized carbons (Fsp3) is 0.250. The molecule has 1 amide bonds. The smallest absolute Gasteiger partial charge is 0.245 e. The first-order valence-electron chi connectivity index (χ1n) is 12.5. The van der Waals surface area contributed by atoms with Crippen LogP contribution in [0.1, 0.15) is 18.9 Å². The molecule has 9 heteroatoms. The molecular formula is C28H25N7O2. The Bertz CT molecular complexity index is 1660. The van der Waals surface area contributed by atoms with E-state index in [1.807, 2.05) is 58.1 Å².